The molecule has 2 heterocycles. The molecule has 7 heteroatoms. The van der Waals surface area contributed by atoms with Crippen LogP contribution in [0.5, 0.6) is 0 Å². The number of nitrogens with zero attached hydrogens (tertiary/aromatic N) is 1. The van der Waals surface area contributed by atoms with Gasteiger partial charge in [0.2, 0.25) is 0 Å². The summed E-state index contributed by atoms with van der Waals surface area (Å²) in [4.78, 5) is 21.3. The molecule has 152 valence electrons. The molecule has 0 saturated carbocycles. The van der Waals surface area contributed by atoms with E-state index in [2.05, 4.69) is 23.2 Å². The number of benzene rings is 2. The van der Waals surface area contributed by atoms with Crippen LogP contribution in [0.15, 0.2) is 51.7 Å². The smallest absolute Gasteiger partial charge is 0.260 e. The summed E-state index contributed by atoms with van der Waals surface area (Å²) >= 11 is 15.1. The Morgan fingerprint density at radius 2 is 1.87 bits per heavy atom. The molecular formula is C23H18Cl2N2OS2. The van der Waals surface area contributed by atoms with Crippen molar-refractivity contribution in [3.05, 3.63) is 78.9 Å². The van der Waals surface area contributed by atoms with E-state index in [1.165, 1.54) is 47.1 Å². The molecule has 1 aliphatic carbocycles. The van der Waals surface area contributed by atoms with Crippen LogP contribution in [0.25, 0.3) is 21.3 Å². The Morgan fingerprint density at radius 1 is 1.03 bits per heavy atom. The first-order chi connectivity index (χ1) is 14.6. The summed E-state index contributed by atoms with van der Waals surface area (Å²) in [6, 6.07) is 12.2. The van der Waals surface area contributed by atoms with Crippen molar-refractivity contribution >= 4 is 56.5 Å². The number of H-pyrrole nitrogens is 1. The van der Waals surface area contributed by atoms with Gasteiger partial charge in [0.15, 0.2) is 5.16 Å². The third kappa shape index (κ3) is 3.92. The molecule has 0 bridgehead atoms. The average molecular weight is 473 g/mol. The Hall–Kier alpha value is -1.79. The number of hydrogen-bond acceptors (Lipinski definition) is 4. The molecule has 30 heavy (non-hydrogen) atoms. The van der Waals surface area contributed by atoms with Gasteiger partial charge in [0.1, 0.15) is 4.83 Å². The molecule has 2 aromatic carbocycles. The lowest BCUT2D eigenvalue weighted by Crippen LogP contribution is -2.09. The Morgan fingerprint density at radius 3 is 2.70 bits per heavy atom. The van der Waals surface area contributed by atoms with E-state index in [0.29, 0.717) is 26.3 Å². The molecule has 0 spiro atoms. The van der Waals surface area contributed by atoms with E-state index in [4.69, 9.17) is 28.2 Å². The van der Waals surface area contributed by atoms with Crippen molar-refractivity contribution in [3.8, 4) is 11.1 Å². The van der Waals surface area contributed by atoms with Crippen molar-refractivity contribution < 1.29 is 0 Å². The van der Waals surface area contributed by atoms with Crippen molar-refractivity contribution in [1.29, 1.82) is 0 Å². The van der Waals surface area contributed by atoms with E-state index in [1.54, 1.807) is 6.07 Å². The maximum Gasteiger partial charge on any atom is 0.260 e. The fourth-order valence-electron chi connectivity index (χ4n) is 3.89. The van der Waals surface area contributed by atoms with Crippen LogP contribution >= 0.6 is 46.3 Å². The molecule has 0 radical (unpaired) electrons. The maximum atomic E-state index is 12.9. The van der Waals surface area contributed by atoms with E-state index >= 15 is 0 Å². The molecule has 3 nitrogen and oxygen atoms in total. The highest BCUT2D eigenvalue weighted by molar-refractivity contribution is 7.98. The maximum absolute atomic E-state index is 12.9. The number of aromatic amines is 1. The molecule has 0 saturated heterocycles. The standard InChI is InChI=1S/C23H18Cl2N2OS2/c24-18-8-5-13(9-19(18)25)11-30-23-26-21(28)20-17(12-29-22(20)27-23)16-7-6-14-3-1-2-4-15(14)10-16/h5-10,12H,1-4,11H2,(H,26,27,28). The van der Waals surface area contributed by atoms with Crippen molar-refractivity contribution in [1.82, 2.24) is 9.97 Å². The van der Waals surface area contributed by atoms with Crippen molar-refractivity contribution in [2.75, 3.05) is 0 Å². The van der Waals surface area contributed by atoms with Gasteiger partial charge in [0.05, 0.1) is 15.4 Å². The second kappa shape index (κ2) is 8.39. The van der Waals surface area contributed by atoms with Crippen molar-refractivity contribution in [2.45, 2.75) is 36.6 Å². The van der Waals surface area contributed by atoms with Gasteiger partial charge < -0.3 is 4.98 Å². The molecule has 0 amide bonds. The minimum Gasteiger partial charge on any atom is -0.301 e. The van der Waals surface area contributed by atoms with Crippen LogP contribution in [-0.4, -0.2) is 9.97 Å². The number of thioether (sulfide) groups is 1. The second-order valence-electron chi connectivity index (χ2n) is 7.43. The SMILES string of the molecule is O=c1[nH]c(SCc2ccc(Cl)c(Cl)c2)nc2scc(-c3ccc4c(c3)CCCC4)c12. The molecule has 1 aliphatic rings. The second-order valence-corrected chi connectivity index (χ2v) is 10.1. The van der Waals surface area contributed by atoms with Crippen LogP contribution in [0.2, 0.25) is 10.0 Å². The molecule has 0 aliphatic heterocycles. The van der Waals surface area contributed by atoms with Gasteiger partial charge in [-0.05, 0) is 60.1 Å². The van der Waals surface area contributed by atoms with E-state index in [0.717, 1.165) is 34.4 Å². The molecule has 0 fully saturated rings. The summed E-state index contributed by atoms with van der Waals surface area (Å²) in [6.45, 7) is 0. The first-order valence-electron chi connectivity index (χ1n) is 9.79. The van der Waals surface area contributed by atoms with Gasteiger partial charge in [-0.25, -0.2) is 4.98 Å². The van der Waals surface area contributed by atoms with Gasteiger partial charge in [0, 0.05) is 16.7 Å². The summed E-state index contributed by atoms with van der Waals surface area (Å²) in [5, 5.41) is 4.39. The first-order valence-corrected chi connectivity index (χ1v) is 12.4. The predicted molar refractivity (Wildman–Crippen MR) is 128 cm³/mol. The quantitative estimate of drug-likeness (QED) is 0.253. The molecule has 2 aromatic heterocycles. The van der Waals surface area contributed by atoms with Crippen LogP contribution in [0, 0.1) is 0 Å². The highest BCUT2D eigenvalue weighted by atomic mass is 35.5. The number of rotatable bonds is 4. The lowest BCUT2D eigenvalue weighted by Gasteiger charge is -2.16. The van der Waals surface area contributed by atoms with E-state index in [9.17, 15) is 4.79 Å². The molecule has 1 N–H and O–H groups in total. The molecule has 0 atom stereocenters. The Bertz CT molecular complexity index is 1310. The molecule has 4 aromatic rings. The molecular weight excluding hydrogens is 455 g/mol. The summed E-state index contributed by atoms with van der Waals surface area (Å²) in [7, 11) is 0. The molecule has 5 rings (SSSR count). The van der Waals surface area contributed by atoms with Gasteiger partial charge in [0.25, 0.3) is 5.56 Å². The van der Waals surface area contributed by atoms with Gasteiger partial charge in [-0.2, -0.15) is 0 Å². The van der Waals surface area contributed by atoms with Crippen LogP contribution in [0.3, 0.4) is 0 Å². The lowest BCUT2D eigenvalue weighted by atomic mass is 9.89. The number of nitrogens with one attached hydrogen (secondary N) is 1. The van der Waals surface area contributed by atoms with E-state index in [-0.39, 0.29) is 5.56 Å². The van der Waals surface area contributed by atoms with Gasteiger partial charge in [-0.1, -0.05) is 59.2 Å². The van der Waals surface area contributed by atoms with E-state index < -0.39 is 0 Å². The largest absolute Gasteiger partial charge is 0.301 e. The topological polar surface area (TPSA) is 45.8 Å². The highest BCUT2D eigenvalue weighted by Gasteiger charge is 2.16. The van der Waals surface area contributed by atoms with Crippen molar-refractivity contribution in [3.63, 3.8) is 0 Å². The fraction of sp³-hybridized carbons (Fsp3) is 0.217. The third-order valence-electron chi connectivity index (χ3n) is 5.44. The molecule has 0 unspecified atom stereocenters. The number of aromatic nitrogens is 2. The first kappa shape index (κ1) is 20.1. The van der Waals surface area contributed by atoms with E-state index in [1.807, 2.05) is 17.5 Å². The van der Waals surface area contributed by atoms with Crippen molar-refractivity contribution in [2.24, 2.45) is 0 Å². The fourth-order valence-corrected chi connectivity index (χ4v) is 6.02. The summed E-state index contributed by atoms with van der Waals surface area (Å²) in [6.07, 6.45) is 4.78. The average Bonchev–Trinajstić information content (AvgIpc) is 3.19. The Balaban J connectivity index is 1.44. The number of thiophene rings is 1. The van der Waals surface area contributed by atoms with Crippen LogP contribution in [0.4, 0.5) is 0 Å². The van der Waals surface area contributed by atoms with Gasteiger partial charge in [-0.15, -0.1) is 11.3 Å². The summed E-state index contributed by atoms with van der Waals surface area (Å²) < 4.78 is 0. The van der Waals surface area contributed by atoms with Crippen LogP contribution in [-0.2, 0) is 18.6 Å². The zero-order chi connectivity index (χ0) is 20.7. The lowest BCUT2D eigenvalue weighted by molar-refractivity contribution is 0.686. The normalized spacial score (nSPS) is 13.5. The number of hydrogen-bond donors (Lipinski definition) is 1. The minimum absolute atomic E-state index is 0.0920. The number of halogens is 2. The van der Waals surface area contributed by atoms with Gasteiger partial charge >= 0.3 is 0 Å². The summed E-state index contributed by atoms with van der Waals surface area (Å²) in [5.41, 5.74) is 5.86. The zero-order valence-electron chi connectivity index (χ0n) is 16.0. The minimum atomic E-state index is -0.0920. The predicted octanol–water partition coefficient (Wildman–Crippen LogP) is 7.13. The third-order valence-corrected chi connectivity index (χ3v) is 8.00. The monoisotopic (exact) mass is 472 g/mol. The van der Waals surface area contributed by atoms with Gasteiger partial charge in [-0.3, -0.25) is 4.79 Å². The van der Waals surface area contributed by atoms with Crippen LogP contribution in [0.1, 0.15) is 29.5 Å². The Kier molecular flexibility index (Phi) is 5.63. The Labute approximate surface area is 192 Å². The number of aryl methyl sites for hydroxylation is 2. The van der Waals surface area contributed by atoms with Crippen LogP contribution < -0.4 is 5.56 Å². The summed E-state index contributed by atoms with van der Waals surface area (Å²) in [5.74, 6) is 0.647. The zero-order valence-corrected chi connectivity index (χ0v) is 19.1. The highest BCUT2D eigenvalue weighted by Crippen LogP contribution is 2.34. The number of fused-ring (bicyclic) bond motifs is 2.